The third-order valence-electron chi connectivity index (χ3n) is 3.59. The summed E-state index contributed by atoms with van der Waals surface area (Å²) in [5.41, 5.74) is 4.33. The Bertz CT molecular complexity index is 525. The zero-order valence-electron chi connectivity index (χ0n) is 10.2. The van der Waals surface area contributed by atoms with Gasteiger partial charge >= 0.3 is 0 Å². The first-order valence-corrected chi connectivity index (χ1v) is 7.16. The van der Waals surface area contributed by atoms with E-state index in [0.717, 1.165) is 19.4 Å². The van der Waals surface area contributed by atoms with Gasteiger partial charge in [0.2, 0.25) is 0 Å². The highest BCUT2D eigenvalue weighted by molar-refractivity contribution is 9.10. The Morgan fingerprint density at radius 1 is 0.944 bits per heavy atom. The van der Waals surface area contributed by atoms with Crippen molar-refractivity contribution in [2.75, 3.05) is 0 Å². The Hall–Kier alpha value is -1.12. The number of halogens is 1. The Balaban J connectivity index is 1.62. The smallest absolute Gasteiger partial charge is 0.0220 e. The molecule has 0 saturated heterocycles. The first kappa shape index (κ1) is 11.9. The van der Waals surface area contributed by atoms with Crippen LogP contribution in [0.25, 0.3) is 0 Å². The van der Waals surface area contributed by atoms with Crippen molar-refractivity contribution in [3.8, 4) is 0 Å². The third kappa shape index (κ3) is 2.50. The second-order valence-electron chi connectivity index (χ2n) is 4.85. The van der Waals surface area contributed by atoms with Crippen LogP contribution in [0.5, 0.6) is 0 Å². The Morgan fingerprint density at radius 2 is 1.56 bits per heavy atom. The lowest BCUT2D eigenvalue weighted by atomic mass is 10.1. The van der Waals surface area contributed by atoms with Crippen LogP contribution < -0.4 is 5.32 Å². The van der Waals surface area contributed by atoms with E-state index in [-0.39, 0.29) is 0 Å². The fourth-order valence-corrected chi connectivity index (χ4v) is 3.02. The second kappa shape index (κ2) is 5.25. The molecule has 0 spiro atoms. The number of hydrogen-bond acceptors (Lipinski definition) is 1. The second-order valence-corrected chi connectivity index (χ2v) is 5.70. The molecule has 2 aromatic carbocycles. The van der Waals surface area contributed by atoms with Crippen LogP contribution in [0.4, 0.5) is 0 Å². The van der Waals surface area contributed by atoms with Gasteiger partial charge in [0, 0.05) is 17.1 Å². The summed E-state index contributed by atoms with van der Waals surface area (Å²) in [4.78, 5) is 0. The molecule has 2 heteroatoms. The molecule has 0 bridgehead atoms. The van der Waals surface area contributed by atoms with E-state index in [2.05, 4.69) is 69.8 Å². The maximum Gasteiger partial charge on any atom is 0.0220 e. The van der Waals surface area contributed by atoms with Crippen molar-refractivity contribution >= 4 is 15.9 Å². The van der Waals surface area contributed by atoms with E-state index in [4.69, 9.17) is 0 Å². The molecule has 1 aliphatic rings. The lowest BCUT2D eigenvalue weighted by Gasteiger charge is -2.12. The van der Waals surface area contributed by atoms with Crippen LogP contribution in [0.2, 0.25) is 0 Å². The molecule has 0 unspecified atom stereocenters. The molecule has 0 atom stereocenters. The lowest BCUT2D eigenvalue weighted by Crippen LogP contribution is -2.29. The summed E-state index contributed by atoms with van der Waals surface area (Å²) in [6.45, 7) is 0.931. The van der Waals surface area contributed by atoms with E-state index in [1.54, 1.807) is 0 Å². The molecule has 3 rings (SSSR count). The first-order chi connectivity index (χ1) is 8.83. The average Bonchev–Trinajstić information content (AvgIpc) is 2.80. The summed E-state index contributed by atoms with van der Waals surface area (Å²) >= 11 is 3.59. The number of rotatable bonds is 3. The molecule has 0 amide bonds. The number of fused-ring (bicyclic) bond motifs is 1. The van der Waals surface area contributed by atoms with Gasteiger partial charge < -0.3 is 5.32 Å². The standard InChI is InChI=1S/C16H16BrN/c17-16-8-4-3-7-14(16)11-18-15-9-12-5-1-2-6-13(12)10-15/h1-8,15,18H,9-11H2. The van der Waals surface area contributed by atoms with Gasteiger partial charge in [0.25, 0.3) is 0 Å². The van der Waals surface area contributed by atoms with Gasteiger partial charge in [-0.05, 0) is 35.6 Å². The molecule has 1 nitrogen and oxygen atoms in total. The molecule has 0 saturated carbocycles. The quantitative estimate of drug-likeness (QED) is 0.911. The van der Waals surface area contributed by atoms with Crippen molar-refractivity contribution in [1.82, 2.24) is 5.32 Å². The minimum Gasteiger partial charge on any atom is -0.309 e. The van der Waals surface area contributed by atoms with Gasteiger partial charge in [-0.3, -0.25) is 0 Å². The van der Waals surface area contributed by atoms with E-state index in [9.17, 15) is 0 Å². The molecular formula is C16H16BrN. The Kier molecular flexibility index (Phi) is 3.48. The molecule has 92 valence electrons. The predicted molar refractivity (Wildman–Crippen MR) is 78.6 cm³/mol. The van der Waals surface area contributed by atoms with Crippen molar-refractivity contribution in [3.05, 3.63) is 69.7 Å². The third-order valence-corrected chi connectivity index (χ3v) is 4.36. The molecule has 0 aromatic heterocycles. The molecule has 1 N–H and O–H groups in total. The topological polar surface area (TPSA) is 12.0 Å². The Morgan fingerprint density at radius 3 is 2.22 bits per heavy atom. The minimum absolute atomic E-state index is 0.578. The van der Waals surface area contributed by atoms with Gasteiger partial charge in [-0.25, -0.2) is 0 Å². The minimum atomic E-state index is 0.578. The SMILES string of the molecule is Brc1ccccc1CNC1Cc2ccccc2C1. The van der Waals surface area contributed by atoms with E-state index < -0.39 is 0 Å². The van der Waals surface area contributed by atoms with Crippen molar-refractivity contribution < 1.29 is 0 Å². The van der Waals surface area contributed by atoms with Crippen molar-refractivity contribution in [2.45, 2.75) is 25.4 Å². The van der Waals surface area contributed by atoms with Crippen LogP contribution >= 0.6 is 15.9 Å². The highest BCUT2D eigenvalue weighted by Gasteiger charge is 2.20. The summed E-state index contributed by atoms with van der Waals surface area (Å²) < 4.78 is 1.19. The zero-order chi connectivity index (χ0) is 12.4. The summed E-state index contributed by atoms with van der Waals surface area (Å²) in [6, 6.07) is 17.7. The number of nitrogens with one attached hydrogen (secondary N) is 1. The van der Waals surface area contributed by atoms with E-state index >= 15 is 0 Å². The van der Waals surface area contributed by atoms with Crippen LogP contribution in [0.3, 0.4) is 0 Å². The lowest BCUT2D eigenvalue weighted by molar-refractivity contribution is 0.532. The molecule has 2 aromatic rings. The van der Waals surface area contributed by atoms with Gasteiger partial charge in [0.1, 0.15) is 0 Å². The average molecular weight is 302 g/mol. The normalized spacial score (nSPS) is 14.7. The van der Waals surface area contributed by atoms with E-state index in [1.165, 1.54) is 21.2 Å². The van der Waals surface area contributed by atoms with Crippen LogP contribution in [-0.2, 0) is 19.4 Å². The Labute approximate surface area is 116 Å². The maximum atomic E-state index is 3.66. The van der Waals surface area contributed by atoms with E-state index in [0.29, 0.717) is 6.04 Å². The fraction of sp³-hybridized carbons (Fsp3) is 0.250. The summed E-state index contributed by atoms with van der Waals surface area (Å²) in [5.74, 6) is 0. The molecule has 1 aliphatic carbocycles. The summed E-state index contributed by atoms with van der Waals surface area (Å²) in [6.07, 6.45) is 2.31. The van der Waals surface area contributed by atoms with Gasteiger partial charge in [0.05, 0.1) is 0 Å². The first-order valence-electron chi connectivity index (χ1n) is 6.36. The van der Waals surface area contributed by atoms with Crippen LogP contribution in [0.1, 0.15) is 16.7 Å². The fourth-order valence-electron chi connectivity index (χ4n) is 2.60. The molecule has 0 heterocycles. The van der Waals surface area contributed by atoms with Gasteiger partial charge in [-0.2, -0.15) is 0 Å². The van der Waals surface area contributed by atoms with Crippen LogP contribution in [-0.4, -0.2) is 6.04 Å². The van der Waals surface area contributed by atoms with Gasteiger partial charge in [0.15, 0.2) is 0 Å². The summed E-state index contributed by atoms with van der Waals surface area (Å²) in [5, 5.41) is 3.66. The van der Waals surface area contributed by atoms with Crippen molar-refractivity contribution in [1.29, 1.82) is 0 Å². The molecule has 0 aliphatic heterocycles. The highest BCUT2D eigenvalue weighted by atomic mass is 79.9. The highest BCUT2D eigenvalue weighted by Crippen LogP contribution is 2.22. The maximum absolute atomic E-state index is 3.66. The zero-order valence-corrected chi connectivity index (χ0v) is 11.8. The van der Waals surface area contributed by atoms with Crippen molar-refractivity contribution in [3.63, 3.8) is 0 Å². The van der Waals surface area contributed by atoms with Gasteiger partial charge in [-0.15, -0.1) is 0 Å². The molecule has 0 radical (unpaired) electrons. The number of hydrogen-bond donors (Lipinski definition) is 1. The summed E-state index contributed by atoms with van der Waals surface area (Å²) in [7, 11) is 0. The van der Waals surface area contributed by atoms with E-state index in [1.807, 2.05) is 0 Å². The molecule has 0 fully saturated rings. The van der Waals surface area contributed by atoms with Crippen molar-refractivity contribution in [2.24, 2.45) is 0 Å². The monoisotopic (exact) mass is 301 g/mol. The molecular weight excluding hydrogens is 286 g/mol. The van der Waals surface area contributed by atoms with Crippen LogP contribution in [0, 0.1) is 0 Å². The van der Waals surface area contributed by atoms with Crippen LogP contribution in [0.15, 0.2) is 53.0 Å². The van der Waals surface area contributed by atoms with Gasteiger partial charge in [-0.1, -0.05) is 58.4 Å². The largest absolute Gasteiger partial charge is 0.309 e. The number of benzene rings is 2. The molecule has 18 heavy (non-hydrogen) atoms. The predicted octanol–water partition coefficient (Wildman–Crippen LogP) is 3.71.